The van der Waals surface area contributed by atoms with Gasteiger partial charge >= 0.3 is 0 Å². The number of anilines is 2. The lowest BCUT2D eigenvalue weighted by molar-refractivity contribution is 0.744. The summed E-state index contributed by atoms with van der Waals surface area (Å²) in [5, 5.41) is 4.29. The Kier molecular flexibility index (Phi) is 3.46. The van der Waals surface area contributed by atoms with Crippen LogP contribution in [0.1, 0.15) is 17.5 Å². The summed E-state index contributed by atoms with van der Waals surface area (Å²) >= 11 is 0. The number of H-pyrrole nitrogens is 1. The molecule has 0 bridgehead atoms. The molecule has 1 aliphatic heterocycles. The Morgan fingerprint density at radius 2 is 2.17 bits per heavy atom. The van der Waals surface area contributed by atoms with E-state index in [4.69, 9.17) is 0 Å². The predicted molar refractivity (Wildman–Crippen MR) is 95.3 cm³/mol. The minimum Gasteiger partial charge on any atom is -0.374 e. The Morgan fingerprint density at radius 1 is 1.26 bits per heavy atom. The van der Waals surface area contributed by atoms with Crippen molar-refractivity contribution in [2.24, 2.45) is 5.10 Å². The van der Waals surface area contributed by atoms with Crippen molar-refractivity contribution in [2.45, 2.75) is 12.8 Å². The molecule has 0 spiro atoms. The number of aryl methyl sites for hydroxylation is 1. The molecule has 0 radical (unpaired) electrons. The molecule has 0 saturated carbocycles. The van der Waals surface area contributed by atoms with E-state index >= 15 is 0 Å². The van der Waals surface area contributed by atoms with Crippen LogP contribution < -0.4 is 10.3 Å². The summed E-state index contributed by atoms with van der Waals surface area (Å²) in [5.41, 5.74) is 8.72. The third kappa shape index (κ3) is 2.77. The Hall–Kier alpha value is -2.82. The number of hydrazone groups is 1. The topological polar surface area (TPSA) is 56.3 Å². The van der Waals surface area contributed by atoms with Gasteiger partial charge in [-0.05, 0) is 48.2 Å². The number of aromatic amines is 1. The smallest absolute Gasteiger partial charge is 0.222 e. The van der Waals surface area contributed by atoms with Gasteiger partial charge in [0.2, 0.25) is 5.95 Å². The fraction of sp³-hybridized carbons (Fsp3) is 0.222. The second-order valence-corrected chi connectivity index (χ2v) is 5.89. The number of hydrogen-bond donors (Lipinski definition) is 2. The van der Waals surface area contributed by atoms with Crippen molar-refractivity contribution < 1.29 is 0 Å². The highest BCUT2D eigenvalue weighted by Gasteiger charge is 2.13. The number of para-hydroxylation sites is 2. The summed E-state index contributed by atoms with van der Waals surface area (Å²) in [7, 11) is 2.15. The molecule has 116 valence electrons. The van der Waals surface area contributed by atoms with Gasteiger partial charge in [0.25, 0.3) is 0 Å². The number of fused-ring (bicyclic) bond motifs is 2. The zero-order valence-corrected chi connectivity index (χ0v) is 13.1. The van der Waals surface area contributed by atoms with Gasteiger partial charge in [-0.25, -0.2) is 10.4 Å². The number of nitrogens with one attached hydrogen (secondary N) is 2. The highest BCUT2D eigenvalue weighted by atomic mass is 15.3. The van der Waals surface area contributed by atoms with Crippen LogP contribution in [-0.2, 0) is 6.42 Å². The summed E-state index contributed by atoms with van der Waals surface area (Å²) < 4.78 is 0. The van der Waals surface area contributed by atoms with Crippen molar-refractivity contribution in [3.05, 3.63) is 53.6 Å². The molecule has 1 aromatic heterocycles. The van der Waals surface area contributed by atoms with Crippen LogP contribution >= 0.6 is 0 Å². The zero-order chi connectivity index (χ0) is 15.6. The van der Waals surface area contributed by atoms with E-state index in [2.05, 4.69) is 50.6 Å². The number of nitrogens with zero attached hydrogens (tertiary/aromatic N) is 3. The molecule has 2 aromatic carbocycles. The van der Waals surface area contributed by atoms with Crippen molar-refractivity contribution in [2.75, 3.05) is 23.9 Å². The summed E-state index contributed by atoms with van der Waals surface area (Å²) in [6, 6.07) is 14.4. The normalized spacial score (nSPS) is 14.4. The number of aromatic nitrogens is 2. The minimum absolute atomic E-state index is 0.653. The lowest BCUT2D eigenvalue weighted by Gasteiger charge is -2.27. The van der Waals surface area contributed by atoms with Gasteiger partial charge in [0.05, 0.1) is 17.2 Å². The van der Waals surface area contributed by atoms with Crippen LogP contribution in [0, 0.1) is 0 Å². The van der Waals surface area contributed by atoms with Gasteiger partial charge in [-0.15, -0.1) is 0 Å². The Bertz CT molecular complexity index is 832. The first-order valence-corrected chi connectivity index (χ1v) is 7.87. The molecule has 1 aliphatic rings. The highest BCUT2D eigenvalue weighted by molar-refractivity contribution is 5.82. The van der Waals surface area contributed by atoms with Gasteiger partial charge in [0.1, 0.15) is 0 Å². The van der Waals surface area contributed by atoms with Crippen molar-refractivity contribution in [3.63, 3.8) is 0 Å². The summed E-state index contributed by atoms with van der Waals surface area (Å²) in [6.07, 6.45) is 4.18. The fourth-order valence-electron chi connectivity index (χ4n) is 3.06. The van der Waals surface area contributed by atoms with Gasteiger partial charge < -0.3 is 9.88 Å². The fourth-order valence-corrected chi connectivity index (χ4v) is 3.06. The molecule has 4 rings (SSSR count). The van der Waals surface area contributed by atoms with Crippen molar-refractivity contribution >= 4 is 28.9 Å². The predicted octanol–water partition coefficient (Wildman–Crippen LogP) is 3.39. The first kappa shape index (κ1) is 13.8. The number of hydrogen-bond acceptors (Lipinski definition) is 4. The van der Waals surface area contributed by atoms with Crippen LogP contribution in [-0.4, -0.2) is 29.8 Å². The van der Waals surface area contributed by atoms with Gasteiger partial charge in [-0.1, -0.05) is 18.2 Å². The largest absolute Gasteiger partial charge is 0.374 e. The van der Waals surface area contributed by atoms with Crippen molar-refractivity contribution in [1.82, 2.24) is 9.97 Å². The molecule has 0 unspecified atom stereocenters. The van der Waals surface area contributed by atoms with E-state index in [1.165, 1.54) is 17.7 Å². The summed E-state index contributed by atoms with van der Waals surface area (Å²) in [6.45, 7) is 1.13. The molecule has 5 heteroatoms. The van der Waals surface area contributed by atoms with E-state index < -0.39 is 0 Å². The van der Waals surface area contributed by atoms with Gasteiger partial charge in [0.15, 0.2) is 0 Å². The third-order valence-electron chi connectivity index (χ3n) is 4.23. The first-order chi connectivity index (χ1) is 11.3. The molecule has 0 amide bonds. The van der Waals surface area contributed by atoms with E-state index in [1.807, 2.05) is 30.5 Å². The Morgan fingerprint density at radius 3 is 3.09 bits per heavy atom. The molecule has 23 heavy (non-hydrogen) atoms. The molecular formula is C18H19N5. The Balaban J connectivity index is 1.50. The zero-order valence-electron chi connectivity index (χ0n) is 13.1. The number of benzene rings is 2. The maximum Gasteiger partial charge on any atom is 0.222 e. The molecule has 2 N–H and O–H groups in total. The second kappa shape index (κ2) is 5.76. The maximum absolute atomic E-state index is 4.44. The maximum atomic E-state index is 4.44. The van der Waals surface area contributed by atoms with Crippen LogP contribution in [0.15, 0.2) is 47.6 Å². The highest BCUT2D eigenvalue weighted by Crippen LogP contribution is 2.26. The molecule has 3 aromatic rings. The average molecular weight is 305 g/mol. The van der Waals surface area contributed by atoms with Crippen molar-refractivity contribution in [3.8, 4) is 0 Å². The summed E-state index contributed by atoms with van der Waals surface area (Å²) in [4.78, 5) is 9.94. The van der Waals surface area contributed by atoms with Gasteiger partial charge in [-0.2, -0.15) is 5.10 Å². The van der Waals surface area contributed by atoms with E-state index in [0.717, 1.165) is 29.6 Å². The molecule has 0 aliphatic carbocycles. The third-order valence-corrected chi connectivity index (χ3v) is 4.23. The monoisotopic (exact) mass is 305 g/mol. The number of rotatable bonds is 3. The van der Waals surface area contributed by atoms with E-state index in [1.54, 1.807) is 0 Å². The van der Waals surface area contributed by atoms with E-state index in [0.29, 0.717) is 5.95 Å². The molecule has 0 atom stereocenters. The van der Waals surface area contributed by atoms with Crippen LogP contribution in [0.5, 0.6) is 0 Å². The number of imidazole rings is 1. The minimum atomic E-state index is 0.653. The van der Waals surface area contributed by atoms with Crippen LogP contribution in [0.25, 0.3) is 11.0 Å². The molecular weight excluding hydrogens is 286 g/mol. The summed E-state index contributed by atoms with van der Waals surface area (Å²) in [5.74, 6) is 0.653. The molecule has 0 fully saturated rings. The van der Waals surface area contributed by atoms with E-state index in [-0.39, 0.29) is 0 Å². The Labute approximate surface area is 135 Å². The first-order valence-electron chi connectivity index (χ1n) is 7.87. The average Bonchev–Trinajstić information content (AvgIpc) is 2.98. The van der Waals surface area contributed by atoms with Gasteiger partial charge in [-0.3, -0.25) is 0 Å². The SMILES string of the molecule is CN1CCCc2cc(/C=N/Nc3nc4ccccc4[nH]3)ccc21. The second-order valence-electron chi connectivity index (χ2n) is 5.89. The quantitative estimate of drug-likeness (QED) is 0.576. The molecule has 5 nitrogen and oxygen atoms in total. The van der Waals surface area contributed by atoms with Crippen LogP contribution in [0.2, 0.25) is 0 Å². The lowest BCUT2D eigenvalue weighted by atomic mass is 10.00. The molecule has 2 heterocycles. The standard InChI is InChI=1S/C18H19N5/c1-23-10-4-5-14-11-13(8-9-17(14)23)12-19-22-18-20-15-6-2-3-7-16(15)21-18/h2-3,6-9,11-12H,4-5,10H2,1H3,(H2,20,21,22)/b19-12+. The van der Waals surface area contributed by atoms with Crippen molar-refractivity contribution in [1.29, 1.82) is 0 Å². The lowest BCUT2D eigenvalue weighted by Crippen LogP contribution is -2.24. The van der Waals surface area contributed by atoms with Crippen LogP contribution in [0.4, 0.5) is 11.6 Å². The van der Waals surface area contributed by atoms with Gasteiger partial charge in [0, 0.05) is 19.3 Å². The molecule has 0 saturated heterocycles. The van der Waals surface area contributed by atoms with Crippen LogP contribution in [0.3, 0.4) is 0 Å². The van der Waals surface area contributed by atoms with E-state index in [9.17, 15) is 0 Å².